The van der Waals surface area contributed by atoms with Crippen molar-refractivity contribution in [2.75, 3.05) is 18.5 Å². The standard InChI is InChI=1S/C20H20FN5O2/c21-13-4-2-12(3-5-13)16-17(26-18(25-16)19-27-10-1-11-28-19)15-8-9-22-20(24-15)23-14-6-7-14/h2-5,8-9,14,19H,1,6-7,10-11H2,(H,25,26)(H,22,23,24). The van der Waals surface area contributed by atoms with Crippen LogP contribution in [0.1, 0.15) is 31.4 Å². The fourth-order valence-electron chi connectivity index (χ4n) is 3.13. The molecule has 3 aromatic rings. The predicted octanol–water partition coefficient (Wildman–Crippen LogP) is 3.68. The summed E-state index contributed by atoms with van der Waals surface area (Å²) < 4.78 is 24.8. The van der Waals surface area contributed by atoms with Crippen molar-refractivity contribution in [1.29, 1.82) is 0 Å². The van der Waals surface area contributed by atoms with Crippen molar-refractivity contribution in [1.82, 2.24) is 19.9 Å². The third kappa shape index (κ3) is 3.61. The maximum atomic E-state index is 13.4. The summed E-state index contributed by atoms with van der Waals surface area (Å²) in [7, 11) is 0. The van der Waals surface area contributed by atoms with Crippen molar-refractivity contribution in [2.24, 2.45) is 0 Å². The number of rotatable bonds is 5. The van der Waals surface area contributed by atoms with Gasteiger partial charge in [0, 0.05) is 17.8 Å². The molecule has 1 aliphatic heterocycles. The molecule has 2 aliphatic rings. The van der Waals surface area contributed by atoms with Crippen molar-refractivity contribution in [3.05, 3.63) is 48.2 Å². The average Bonchev–Trinajstić information content (AvgIpc) is 3.43. The number of nitrogens with zero attached hydrogens (tertiary/aromatic N) is 3. The number of hydrogen-bond acceptors (Lipinski definition) is 6. The lowest BCUT2D eigenvalue weighted by molar-refractivity contribution is -0.186. The van der Waals surface area contributed by atoms with E-state index >= 15 is 0 Å². The molecular weight excluding hydrogens is 361 g/mol. The molecule has 0 bridgehead atoms. The Bertz CT molecular complexity index is 965. The fourth-order valence-corrected chi connectivity index (χ4v) is 3.13. The number of ether oxygens (including phenoxy) is 2. The number of H-pyrrole nitrogens is 1. The van der Waals surface area contributed by atoms with E-state index in [1.54, 1.807) is 18.3 Å². The first-order valence-corrected chi connectivity index (χ1v) is 9.45. The zero-order chi connectivity index (χ0) is 18.9. The Labute approximate surface area is 161 Å². The van der Waals surface area contributed by atoms with Gasteiger partial charge in [-0.25, -0.2) is 19.3 Å². The molecule has 2 N–H and O–H groups in total. The van der Waals surface area contributed by atoms with E-state index in [0.29, 0.717) is 42.4 Å². The highest BCUT2D eigenvalue weighted by Crippen LogP contribution is 2.33. The van der Waals surface area contributed by atoms with Crippen LogP contribution < -0.4 is 5.32 Å². The maximum absolute atomic E-state index is 13.4. The minimum atomic E-state index is -0.549. The number of aromatic nitrogens is 4. The molecule has 3 heterocycles. The van der Waals surface area contributed by atoms with Gasteiger partial charge in [-0.3, -0.25) is 0 Å². The van der Waals surface area contributed by atoms with Gasteiger partial charge in [0.2, 0.25) is 12.2 Å². The second kappa shape index (κ2) is 7.29. The molecule has 144 valence electrons. The quantitative estimate of drug-likeness (QED) is 0.701. The molecule has 0 spiro atoms. The summed E-state index contributed by atoms with van der Waals surface area (Å²) in [6, 6.07) is 8.51. The van der Waals surface area contributed by atoms with Crippen LogP contribution in [0.5, 0.6) is 0 Å². The van der Waals surface area contributed by atoms with Gasteiger partial charge in [0.15, 0.2) is 5.82 Å². The van der Waals surface area contributed by atoms with Crippen molar-refractivity contribution in [2.45, 2.75) is 31.6 Å². The van der Waals surface area contributed by atoms with Gasteiger partial charge >= 0.3 is 0 Å². The summed E-state index contributed by atoms with van der Waals surface area (Å²) in [6.45, 7) is 1.24. The van der Waals surface area contributed by atoms with Gasteiger partial charge in [-0.05, 0) is 49.6 Å². The Balaban J connectivity index is 1.56. The third-order valence-electron chi connectivity index (χ3n) is 4.71. The monoisotopic (exact) mass is 381 g/mol. The van der Waals surface area contributed by atoms with E-state index < -0.39 is 6.29 Å². The number of imidazole rings is 1. The summed E-state index contributed by atoms with van der Waals surface area (Å²) >= 11 is 0. The first-order chi connectivity index (χ1) is 13.8. The Hall–Kier alpha value is -2.84. The smallest absolute Gasteiger partial charge is 0.223 e. The normalized spacial score (nSPS) is 17.6. The van der Waals surface area contributed by atoms with E-state index in [2.05, 4.69) is 20.3 Å². The molecule has 0 unspecified atom stereocenters. The number of benzene rings is 1. The first kappa shape index (κ1) is 17.3. The SMILES string of the molecule is Fc1ccc(-c2nc(C3OCCCO3)[nH]c2-c2ccnc(NC3CC3)n2)cc1. The molecule has 7 nitrogen and oxygen atoms in total. The molecule has 28 heavy (non-hydrogen) atoms. The lowest BCUT2D eigenvalue weighted by atomic mass is 10.1. The van der Waals surface area contributed by atoms with Crippen LogP contribution in [-0.2, 0) is 9.47 Å². The van der Waals surface area contributed by atoms with Gasteiger partial charge in [-0.2, -0.15) is 0 Å². The largest absolute Gasteiger partial charge is 0.351 e. The molecule has 1 aliphatic carbocycles. The second-order valence-corrected chi connectivity index (χ2v) is 6.96. The van der Waals surface area contributed by atoms with Crippen molar-refractivity contribution in [3.63, 3.8) is 0 Å². The number of anilines is 1. The van der Waals surface area contributed by atoms with Gasteiger partial charge in [0.1, 0.15) is 5.82 Å². The van der Waals surface area contributed by atoms with Crippen LogP contribution >= 0.6 is 0 Å². The fraction of sp³-hybridized carbons (Fsp3) is 0.350. The van der Waals surface area contributed by atoms with E-state index in [0.717, 1.165) is 30.5 Å². The van der Waals surface area contributed by atoms with Crippen LogP contribution in [0, 0.1) is 5.82 Å². The summed E-state index contributed by atoms with van der Waals surface area (Å²) in [5.74, 6) is 0.869. The van der Waals surface area contributed by atoms with Crippen molar-refractivity contribution >= 4 is 5.95 Å². The molecule has 2 fully saturated rings. The van der Waals surface area contributed by atoms with Crippen LogP contribution in [0.2, 0.25) is 0 Å². The van der Waals surface area contributed by atoms with Crippen molar-refractivity contribution in [3.8, 4) is 22.6 Å². The molecule has 1 saturated heterocycles. The minimum absolute atomic E-state index is 0.294. The Kier molecular flexibility index (Phi) is 4.50. The number of hydrogen-bond donors (Lipinski definition) is 2. The maximum Gasteiger partial charge on any atom is 0.223 e. The third-order valence-corrected chi connectivity index (χ3v) is 4.71. The van der Waals surface area contributed by atoms with Crippen LogP contribution in [0.15, 0.2) is 36.5 Å². The van der Waals surface area contributed by atoms with Crippen LogP contribution in [-0.4, -0.2) is 39.2 Å². The second-order valence-electron chi connectivity index (χ2n) is 6.96. The lowest BCUT2D eigenvalue weighted by Gasteiger charge is -2.21. The van der Waals surface area contributed by atoms with Gasteiger partial charge in [-0.15, -0.1) is 0 Å². The Morgan fingerprint density at radius 3 is 2.57 bits per heavy atom. The molecule has 5 rings (SSSR count). The Morgan fingerprint density at radius 1 is 1.04 bits per heavy atom. The molecule has 2 aromatic heterocycles. The topological polar surface area (TPSA) is 85.0 Å². The van der Waals surface area contributed by atoms with E-state index in [1.165, 1.54) is 12.1 Å². The predicted molar refractivity (Wildman–Crippen MR) is 101 cm³/mol. The molecule has 8 heteroatoms. The first-order valence-electron chi connectivity index (χ1n) is 9.45. The zero-order valence-electron chi connectivity index (χ0n) is 15.2. The Morgan fingerprint density at radius 2 is 1.82 bits per heavy atom. The average molecular weight is 381 g/mol. The summed E-state index contributed by atoms with van der Waals surface area (Å²) in [6.07, 6.45) is 4.30. The summed E-state index contributed by atoms with van der Waals surface area (Å²) in [4.78, 5) is 16.9. The van der Waals surface area contributed by atoms with E-state index in [1.807, 2.05) is 6.07 Å². The van der Waals surface area contributed by atoms with Gasteiger partial charge < -0.3 is 19.8 Å². The van der Waals surface area contributed by atoms with E-state index in [4.69, 9.17) is 14.5 Å². The van der Waals surface area contributed by atoms with Gasteiger partial charge in [0.05, 0.1) is 30.3 Å². The molecule has 0 amide bonds. The highest BCUT2D eigenvalue weighted by Gasteiger charge is 2.25. The highest BCUT2D eigenvalue weighted by atomic mass is 19.1. The molecule has 0 radical (unpaired) electrons. The van der Waals surface area contributed by atoms with Crippen LogP contribution in [0.25, 0.3) is 22.6 Å². The van der Waals surface area contributed by atoms with E-state index in [9.17, 15) is 4.39 Å². The highest BCUT2D eigenvalue weighted by molar-refractivity contribution is 5.77. The molecule has 0 atom stereocenters. The minimum Gasteiger partial charge on any atom is -0.351 e. The lowest BCUT2D eigenvalue weighted by Crippen LogP contribution is -2.18. The summed E-state index contributed by atoms with van der Waals surface area (Å²) in [5.41, 5.74) is 2.88. The number of aromatic amines is 1. The van der Waals surface area contributed by atoms with Crippen LogP contribution in [0.4, 0.5) is 10.3 Å². The van der Waals surface area contributed by atoms with Crippen molar-refractivity contribution < 1.29 is 13.9 Å². The molecule has 1 saturated carbocycles. The molecule has 1 aromatic carbocycles. The van der Waals surface area contributed by atoms with Gasteiger partial charge in [0.25, 0.3) is 0 Å². The van der Waals surface area contributed by atoms with Crippen LogP contribution in [0.3, 0.4) is 0 Å². The number of halogens is 1. The van der Waals surface area contributed by atoms with E-state index in [-0.39, 0.29) is 5.82 Å². The van der Waals surface area contributed by atoms with Gasteiger partial charge in [-0.1, -0.05) is 0 Å². The zero-order valence-corrected chi connectivity index (χ0v) is 15.2. The number of nitrogens with one attached hydrogen (secondary N) is 2. The molecular formula is C20H20FN5O2. The summed E-state index contributed by atoms with van der Waals surface area (Å²) in [5, 5.41) is 3.31.